The van der Waals surface area contributed by atoms with Crippen LogP contribution in [0.3, 0.4) is 0 Å². The van der Waals surface area contributed by atoms with Crippen molar-refractivity contribution in [3.05, 3.63) is 59.2 Å². The number of para-hydroxylation sites is 1. The SMILES string of the molecule is CCC1(CC)CC(=O)N(C2c3cc(C(=O)N[C@H]4CC(C)(C)Oc5ccccc54)ccc3OC[C@H]2OC)C(N)=N1. The highest BCUT2D eigenvalue weighted by Crippen LogP contribution is 2.42. The monoisotopic (exact) mass is 534 g/mol. The fraction of sp³-hybridized carbons (Fsp3) is 0.500. The Labute approximate surface area is 229 Å². The van der Waals surface area contributed by atoms with Gasteiger partial charge in [0.25, 0.3) is 5.91 Å². The molecular formula is C30H38N4O5. The molecular weight excluding hydrogens is 496 g/mol. The molecule has 0 aliphatic carbocycles. The van der Waals surface area contributed by atoms with Gasteiger partial charge in [-0.15, -0.1) is 0 Å². The van der Waals surface area contributed by atoms with Crippen molar-refractivity contribution >= 4 is 17.8 Å². The van der Waals surface area contributed by atoms with Crippen molar-refractivity contribution in [2.75, 3.05) is 13.7 Å². The molecule has 0 radical (unpaired) electrons. The van der Waals surface area contributed by atoms with Crippen molar-refractivity contribution in [1.29, 1.82) is 0 Å². The van der Waals surface area contributed by atoms with Crippen molar-refractivity contribution in [2.24, 2.45) is 10.7 Å². The van der Waals surface area contributed by atoms with Gasteiger partial charge in [-0.1, -0.05) is 32.0 Å². The third-order valence-electron chi connectivity index (χ3n) is 8.27. The van der Waals surface area contributed by atoms with Gasteiger partial charge in [0.15, 0.2) is 5.96 Å². The maximum atomic E-state index is 13.6. The Balaban J connectivity index is 1.48. The average molecular weight is 535 g/mol. The summed E-state index contributed by atoms with van der Waals surface area (Å²) in [6.07, 6.45) is 1.86. The molecule has 2 aromatic carbocycles. The summed E-state index contributed by atoms with van der Waals surface area (Å²) in [5.74, 6) is 1.20. The summed E-state index contributed by atoms with van der Waals surface area (Å²) in [5.41, 5.74) is 7.61. The van der Waals surface area contributed by atoms with Gasteiger partial charge in [-0.2, -0.15) is 0 Å². The molecule has 3 aliphatic heterocycles. The summed E-state index contributed by atoms with van der Waals surface area (Å²) < 4.78 is 17.8. The predicted molar refractivity (Wildman–Crippen MR) is 148 cm³/mol. The number of rotatable bonds is 6. The zero-order valence-electron chi connectivity index (χ0n) is 23.3. The molecule has 3 N–H and O–H groups in total. The maximum Gasteiger partial charge on any atom is 0.251 e. The van der Waals surface area contributed by atoms with E-state index in [1.54, 1.807) is 25.3 Å². The van der Waals surface area contributed by atoms with E-state index in [2.05, 4.69) is 5.32 Å². The van der Waals surface area contributed by atoms with E-state index in [4.69, 9.17) is 24.9 Å². The number of carbonyl (C=O) groups excluding carboxylic acids is 2. The quantitative estimate of drug-likeness (QED) is 0.572. The molecule has 0 saturated heterocycles. The van der Waals surface area contributed by atoms with E-state index in [-0.39, 0.29) is 36.8 Å². The Morgan fingerprint density at radius 1 is 1.15 bits per heavy atom. The van der Waals surface area contributed by atoms with E-state index in [1.165, 1.54) is 4.90 Å². The molecule has 9 nitrogen and oxygen atoms in total. The van der Waals surface area contributed by atoms with Crippen LogP contribution in [0.4, 0.5) is 0 Å². The molecule has 3 heterocycles. The molecule has 3 atom stereocenters. The zero-order chi connectivity index (χ0) is 27.9. The number of guanidine groups is 1. The largest absolute Gasteiger partial charge is 0.490 e. The lowest BCUT2D eigenvalue weighted by Crippen LogP contribution is -2.56. The number of nitrogens with one attached hydrogen (secondary N) is 1. The van der Waals surface area contributed by atoms with Crippen molar-refractivity contribution in [3.63, 3.8) is 0 Å². The van der Waals surface area contributed by atoms with Gasteiger partial charge in [0, 0.05) is 30.2 Å². The molecule has 0 saturated carbocycles. The second kappa shape index (κ2) is 10.2. The molecule has 39 heavy (non-hydrogen) atoms. The van der Waals surface area contributed by atoms with Crippen LogP contribution in [0, 0.1) is 0 Å². The van der Waals surface area contributed by atoms with E-state index in [1.807, 2.05) is 52.0 Å². The Kier molecular flexibility index (Phi) is 7.05. The standard InChI is InChI=1S/C30H38N4O5/c1-6-30(7-2)16-25(35)34(28(31)33-30)26-20-14-18(12-13-22(20)38-17-24(26)37-5)27(36)32-21-15-29(3,4)39-23-11-9-8-10-19(21)23/h8-14,21,24,26H,6-7,15-17H2,1-5H3,(H2,31,33)(H,32,36)/t21-,24+,26?/m0/s1. The highest BCUT2D eigenvalue weighted by atomic mass is 16.5. The number of nitrogens with two attached hydrogens (primary N) is 1. The molecule has 0 aromatic heterocycles. The summed E-state index contributed by atoms with van der Waals surface area (Å²) in [5, 5.41) is 3.20. The average Bonchev–Trinajstić information content (AvgIpc) is 2.91. The number of amides is 2. The molecule has 2 aromatic rings. The van der Waals surface area contributed by atoms with Gasteiger partial charge in [0.2, 0.25) is 5.91 Å². The van der Waals surface area contributed by atoms with Crippen LogP contribution in [-0.2, 0) is 9.53 Å². The van der Waals surface area contributed by atoms with Gasteiger partial charge in [-0.05, 0) is 51.0 Å². The van der Waals surface area contributed by atoms with Crippen LogP contribution in [-0.4, -0.2) is 53.6 Å². The second-order valence-electron chi connectivity index (χ2n) is 11.3. The first-order valence-corrected chi connectivity index (χ1v) is 13.7. The highest BCUT2D eigenvalue weighted by Gasteiger charge is 2.45. The number of nitrogens with zero attached hydrogens (tertiary/aromatic N) is 2. The van der Waals surface area contributed by atoms with Crippen LogP contribution < -0.4 is 20.5 Å². The first-order valence-electron chi connectivity index (χ1n) is 13.7. The van der Waals surface area contributed by atoms with E-state index < -0.39 is 23.3 Å². The first-order chi connectivity index (χ1) is 18.6. The molecule has 208 valence electrons. The Morgan fingerprint density at radius 2 is 1.90 bits per heavy atom. The number of hydrogen-bond acceptors (Lipinski definition) is 7. The number of aliphatic imine (C=N–C) groups is 1. The maximum absolute atomic E-state index is 13.6. The van der Waals surface area contributed by atoms with E-state index >= 15 is 0 Å². The number of fused-ring (bicyclic) bond motifs is 2. The molecule has 0 spiro atoms. The van der Waals surface area contributed by atoms with Gasteiger partial charge >= 0.3 is 0 Å². The van der Waals surface area contributed by atoms with Crippen LogP contribution in [0.25, 0.3) is 0 Å². The lowest BCUT2D eigenvalue weighted by Gasteiger charge is -2.44. The summed E-state index contributed by atoms with van der Waals surface area (Å²) in [4.78, 5) is 33.4. The molecule has 3 aliphatic rings. The smallest absolute Gasteiger partial charge is 0.251 e. The van der Waals surface area contributed by atoms with E-state index in [0.29, 0.717) is 23.3 Å². The number of hydrogen-bond donors (Lipinski definition) is 2. The van der Waals surface area contributed by atoms with E-state index in [0.717, 1.165) is 24.2 Å². The van der Waals surface area contributed by atoms with Gasteiger partial charge in [0.05, 0.1) is 24.0 Å². The van der Waals surface area contributed by atoms with Crippen molar-refractivity contribution < 1.29 is 23.8 Å². The Bertz CT molecular complexity index is 1300. The van der Waals surface area contributed by atoms with Crippen LogP contribution in [0.2, 0.25) is 0 Å². The van der Waals surface area contributed by atoms with Gasteiger partial charge in [-0.25, -0.2) is 4.99 Å². The fourth-order valence-corrected chi connectivity index (χ4v) is 5.98. The zero-order valence-corrected chi connectivity index (χ0v) is 23.3. The van der Waals surface area contributed by atoms with Crippen LogP contribution in [0.5, 0.6) is 11.5 Å². The van der Waals surface area contributed by atoms with Crippen molar-refractivity contribution in [3.8, 4) is 11.5 Å². The minimum Gasteiger partial charge on any atom is -0.490 e. The Hall–Kier alpha value is -3.59. The minimum atomic E-state index is -0.572. The van der Waals surface area contributed by atoms with Gasteiger partial charge in [-0.3, -0.25) is 14.5 Å². The summed E-state index contributed by atoms with van der Waals surface area (Å²) in [6.45, 7) is 8.32. The second-order valence-corrected chi connectivity index (χ2v) is 11.3. The molecule has 0 fully saturated rings. The van der Waals surface area contributed by atoms with Crippen LogP contribution in [0.1, 0.15) is 86.9 Å². The van der Waals surface area contributed by atoms with Crippen LogP contribution >= 0.6 is 0 Å². The van der Waals surface area contributed by atoms with E-state index in [9.17, 15) is 9.59 Å². The van der Waals surface area contributed by atoms with Crippen molar-refractivity contribution in [2.45, 2.75) is 82.7 Å². The number of ether oxygens (including phenoxy) is 3. The van der Waals surface area contributed by atoms with Gasteiger partial charge < -0.3 is 25.3 Å². The predicted octanol–water partition coefficient (Wildman–Crippen LogP) is 4.27. The lowest BCUT2D eigenvalue weighted by atomic mass is 9.86. The number of benzene rings is 2. The Morgan fingerprint density at radius 3 is 2.59 bits per heavy atom. The molecule has 9 heteroatoms. The molecule has 1 unspecified atom stereocenters. The minimum absolute atomic E-state index is 0.109. The number of carbonyl (C=O) groups is 2. The normalized spacial score (nSPS) is 24.9. The molecule has 5 rings (SSSR count). The molecule has 0 bridgehead atoms. The van der Waals surface area contributed by atoms with Gasteiger partial charge in [0.1, 0.15) is 29.8 Å². The molecule has 2 amide bonds. The first kappa shape index (κ1) is 27.0. The third-order valence-corrected chi connectivity index (χ3v) is 8.27. The van der Waals surface area contributed by atoms with Crippen LogP contribution in [0.15, 0.2) is 47.5 Å². The summed E-state index contributed by atoms with van der Waals surface area (Å²) >= 11 is 0. The number of methoxy groups -OCH3 is 1. The third kappa shape index (κ3) is 4.95. The highest BCUT2D eigenvalue weighted by molar-refractivity contribution is 6.00. The van der Waals surface area contributed by atoms with Crippen molar-refractivity contribution in [1.82, 2.24) is 10.2 Å². The summed E-state index contributed by atoms with van der Waals surface area (Å²) in [6, 6.07) is 12.3. The summed E-state index contributed by atoms with van der Waals surface area (Å²) in [7, 11) is 1.58. The lowest BCUT2D eigenvalue weighted by molar-refractivity contribution is -0.135. The topological polar surface area (TPSA) is 115 Å². The fourth-order valence-electron chi connectivity index (χ4n) is 5.98.